The molecule has 1 N–H and O–H groups in total. The number of carboxylic acid groups (broad SMARTS) is 1. The Bertz CT molecular complexity index is 901. The Morgan fingerprint density at radius 2 is 1.85 bits per heavy atom. The number of allylic oxidation sites excluding steroid dienone is 2. The van der Waals surface area contributed by atoms with Crippen LogP contribution in [0, 0.1) is 5.92 Å². The molecular formula is C21H18NO4-. The van der Waals surface area contributed by atoms with Gasteiger partial charge in [0, 0.05) is 11.6 Å². The molecule has 5 nitrogen and oxygen atoms in total. The van der Waals surface area contributed by atoms with Crippen molar-refractivity contribution in [1.29, 1.82) is 0 Å². The molecule has 0 bridgehead atoms. The summed E-state index contributed by atoms with van der Waals surface area (Å²) >= 11 is 0. The third-order valence-corrected chi connectivity index (χ3v) is 5.29. The normalized spacial score (nSPS) is 22.9. The number of esters is 1. The van der Waals surface area contributed by atoms with Crippen molar-refractivity contribution < 1.29 is 19.4 Å². The van der Waals surface area contributed by atoms with E-state index in [2.05, 4.69) is 17.5 Å². The summed E-state index contributed by atoms with van der Waals surface area (Å²) in [7, 11) is 1.38. The van der Waals surface area contributed by atoms with E-state index in [0.29, 0.717) is 11.5 Å². The summed E-state index contributed by atoms with van der Waals surface area (Å²) in [5, 5.41) is 14.5. The van der Waals surface area contributed by atoms with Gasteiger partial charge < -0.3 is 20.0 Å². The van der Waals surface area contributed by atoms with Crippen LogP contribution >= 0.6 is 0 Å². The second-order valence-corrected chi connectivity index (χ2v) is 6.68. The molecule has 132 valence electrons. The predicted octanol–water partition coefficient (Wildman–Crippen LogP) is 2.66. The molecule has 1 aliphatic heterocycles. The third-order valence-electron chi connectivity index (χ3n) is 5.29. The minimum atomic E-state index is -1.17. The first-order valence-electron chi connectivity index (χ1n) is 8.55. The average Bonchev–Trinajstić information content (AvgIpc) is 3.16. The number of carbonyl (C=O) groups is 2. The van der Waals surface area contributed by atoms with Crippen molar-refractivity contribution in [1.82, 2.24) is 0 Å². The number of benzene rings is 2. The van der Waals surface area contributed by atoms with Crippen LogP contribution in [0.15, 0.2) is 54.6 Å². The van der Waals surface area contributed by atoms with Gasteiger partial charge in [-0.2, -0.15) is 0 Å². The number of hydrogen-bond donors (Lipinski definition) is 1. The molecule has 2 aromatic carbocycles. The Balaban J connectivity index is 1.71. The summed E-state index contributed by atoms with van der Waals surface area (Å²) in [6.07, 6.45) is 5.28. The molecule has 4 rings (SSSR count). The molecule has 0 saturated heterocycles. The zero-order valence-corrected chi connectivity index (χ0v) is 14.3. The lowest BCUT2D eigenvalue weighted by molar-refractivity contribution is -0.255. The van der Waals surface area contributed by atoms with E-state index in [-0.39, 0.29) is 23.5 Å². The second kappa shape index (κ2) is 6.33. The van der Waals surface area contributed by atoms with Gasteiger partial charge in [0.05, 0.1) is 24.7 Å². The van der Waals surface area contributed by atoms with E-state index in [1.807, 2.05) is 24.3 Å². The summed E-state index contributed by atoms with van der Waals surface area (Å²) < 4.78 is 4.83. The first-order valence-corrected chi connectivity index (χ1v) is 8.55. The Kier molecular flexibility index (Phi) is 3.99. The summed E-state index contributed by atoms with van der Waals surface area (Å²) in [6, 6.07) is 12.5. The van der Waals surface area contributed by atoms with Crippen LogP contribution in [-0.2, 0) is 4.74 Å². The molecule has 0 aromatic heterocycles. The number of fused-ring (bicyclic) bond motifs is 3. The van der Waals surface area contributed by atoms with E-state index >= 15 is 0 Å². The SMILES string of the molecule is COC(=O)c1ccc2c(c1)[C@H]1C=CC[C@@H]1[C@H](c1ccc(C(=O)[O-])cc1)N2. The van der Waals surface area contributed by atoms with Crippen molar-refractivity contribution in [3.63, 3.8) is 0 Å². The molecule has 0 fully saturated rings. The number of rotatable bonds is 3. The molecule has 0 saturated carbocycles. The number of ether oxygens (including phenoxy) is 1. The van der Waals surface area contributed by atoms with Crippen molar-refractivity contribution in [2.75, 3.05) is 12.4 Å². The van der Waals surface area contributed by atoms with Gasteiger partial charge in [-0.25, -0.2) is 4.79 Å². The Labute approximate surface area is 151 Å². The van der Waals surface area contributed by atoms with Gasteiger partial charge in [0.25, 0.3) is 0 Å². The Morgan fingerprint density at radius 1 is 1.12 bits per heavy atom. The fraction of sp³-hybridized carbons (Fsp3) is 0.238. The van der Waals surface area contributed by atoms with Gasteiger partial charge in [-0.1, -0.05) is 36.4 Å². The molecule has 5 heteroatoms. The molecular weight excluding hydrogens is 330 g/mol. The Morgan fingerprint density at radius 3 is 2.54 bits per heavy atom. The number of aromatic carboxylic acids is 1. The molecule has 0 radical (unpaired) electrons. The number of methoxy groups -OCH3 is 1. The van der Waals surface area contributed by atoms with Crippen LogP contribution < -0.4 is 10.4 Å². The molecule has 3 atom stereocenters. The van der Waals surface area contributed by atoms with Gasteiger partial charge in [0.15, 0.2) is 0 Å². The van der Waals surface area contributed by atoms with Gasteiger partial charge in [0.2, 0.25) is 0 Å². The molecule has 2 aliphatic rings. The first kappa shape index (κ1) is 16.4. The number of carboxylic acids is 1. The lowest BCUT2D eigenvalue weighted by atomic mass is 9.76. The van der Waals surface area contributed by atoms with Gasteiger partial charge in [-0.15, -0.1) is 0 Å². The van der Waals surface area contributed by atoms with E-state index < -0.39 is 5.97 Å². The van der Waals surface area contributed by atoms with Crippen LogP contribution in [0.4, 0.5) is 5.69 Å². The van der Waals surface area contributed by atoms with Crippen molar-refractivity contribution in [3.8, 4) is 0 Å². The number of nitrogens with one attached hydrogen (secondary N) is 1. The highest BCUT2D eigenvalue weighted by atomic mass is 16.5. The van der Waals surface area contributed by atoms with Crippen LogP contribution in [0.2, 0.25) is 0 Å². The highest BCUT2D eigenvalue weighted by Crippen LogP contribution is 2.49. The molecule has 1 aliphatic carbocycles. The number of anilines is 1. The number of hydrogen-bond acceptors (Lipinski definition) is 5. The average molecular weight is 348 g/mol. The van der Waals surface area contributed by atoms with Crippen LogP contribution in [0.5, 0.6) is 0 Å². The summed E-state index contributed by atoms with van der Waals surface area (Å²) in [5.41, 5.74) is 3.84. The third kappa shape index (κ3) is 2.65. The predicted molar refractivity (Wildman–Crippen MR) is 94.9 cm³/mol. The monoisotopic (exact) mass is 348 g/mol. The van der Waals surface area contributed by atoms with Crippen molar-refractivity contribution in [3.05, 3.63) is 76.9 Å². The lowest BCUT2D eigenvalue weighted by Crippen LogP contribution is -2.29. The minimum absolute atomic E-state index is 0.0716. The van der Waals surface area contributed by atoms with E-state index in [0.717, 1.165) is 23.2 Å². The van der Waals surface area contributed by atoms with Gasteiger partial charge in [-0.05, 0) is 47.2 Å². The first-order chi connectivity index (χ1) is 12.6. The van der Waals surface area contributed by atoms with Crippen LogP contribution in [0.25, 0.3) is 0 Å². The molecule has 0 spiro atoms. The zero-order chi connectivity index (χ0) is 18.3. The highest BCUT2D eigenvalue weighted by Gasteiger charge is 2.38. The van der Waals surface area contributed by atoms with E-state index in [9.17, 15) is 14.7 Å². The van der Waals surface area contributed by atoms with Gasteiger partial charge >= 0.3 is 5.97 Å². The highest BCUT2D eigenvalue weighted by molar-refractivity contribution is 5.90. The van der Waals surface area contributed by atoms with E-state index in [4.69, 9.17) is 4.74 Å². The molecule has 2 aromatic rings. The van der Waals surface area contributed by atoms with Crippen LogP contribution in [0.3, 0.4) is 0 Å². The smallest absolute Gasteiger partial charge is 0.337 e. The summed E-state index contributed by atoms with van der Waals surface area (Å²) in [6.45, 7) is 0. The van der Waals surface area contributed by atoms with Gasteiger partial charge in [0.1, 0.15) is 0 Å². The fourth-order valence-corrected chi connectivity index (χ4v) is 4.00. The molecule has 26 heavy (non-hydrogen) atoms. The lowest BCUT2D eigenvalue weighted by Gasteiger charge is -2.37. The standard InChI is InChI=1S/C21H19NO4/c1-26-21(25)14-9-10-18-17(11-14)15-3-2-4-16(15)19(22-18)12-5-7-13(8-6-12)20(23)24/h2-3,5-11,15-16,19,22H,4H2,1H3,(H,23,24)/p-1/t15-,16-,19-/m0/s1. The number of carbonyl (C=O) groups excluding carboxylic acids is 2. The quantitative estimate of drug-likeness (QED) is 0.681. The summed E-state index contributed by atoms with van der Waals surface area (Å²) in [5.74, 6) is -0.994. The van der Waals surface area contributed by atoms with Crippen LogP contribution in [-0.4, -0.2) is 19.0 Å². The zero-order valence-electron chi connectivity index (χ0n) is 14.3. The fourth-order valence-electron chi connectivity index (χ4n) is 4.00. The van der Waals surface area contributed by atoms with Crippen molar-refractivity contribution >= 4 is 17.6 Å². The Hall–Kier alpha value is -3.08. The molecule has 0 unspecified atom stereocenters. The van der Waals surface area contributed by atoms with Crippen LogP contribution in [0.1, 0.15) is 50.2 Å². The maximum absolute atomic E-state index is 11.9. The topological polar surface area (TPSA) is 78.5 Å². The van der Waals surface area contributed by atoms with E-state index in [1.165, 1.54) is 7.11 Å². The van der Waals surface area contributed by atoms with Gasteiger partial charge in [-0.3, -0.25) is 0 Å². The second-order valence-electron chi connectivity index (χ2n) is 6.68. The maximum Gasteiger partial charge on any atom is 0.337 e. The molecule has 0 amide bonds. The van der Waals surface area contributed by atoms with E-state index in [1.54, 1.807) is 18.2 Å². The minimum Gasteiger partial charge on any atom is -0.545 e. The maximum atomic E-state index is 11.9. The summed E-state index contributed by atoms with van der Waals surface area (Å²) in [4.78, 5) is 22.8. The molecule has 1 heterocycles. The largest absolute Gasteiger partial charge is 0.545 e. The van der Waals surface area contributed by atoms with Crippen molar-refractivity contribution in [2.24, 2.45) is 5.92 Å². The van der Waals surface area contributed by atoms with Crippen molar-refractivity contribution in [2.45, 2.75) is 18.4 Å².